The van der Waals surface area contributed by atoms with Gasteiger partial charge in [0.05, 0.1) is 50.4 Å². The van der Waals surface area contributed by atoms with Gasteiger partial charge in [-0.05, 0) is 43.3 Å². The zero-order valence-corrected chi connectivity index (χ0v) is 17.9. The molecule has 0 unspecified atom stereocenters. The molecule has 1 saturated heterocycles. The van der Waals surface area contributed by atoms with Crippen LogP contribution in [0.1, 0.15) is 17.3 Å². The molecule has 8 heteroatoms. The van der Waals surface area contributed by atoms with Crippen molar-refractivity contribution in [3.63, 3.8) is 0 Å². The Labute approximate surface area is 172 Å². The number of quaternary nitrogens is 1. The summed E-state index contributed by atoms with van der Waals surface area (Å²) in [7, 11) is -0.788. The topological polar surface area (TPSA) is 71.4 Å². The highest BCUT2D eigenvalue weighted by molar-refractivity contribution is 7.92. The fourth-order valence-electron chi connectivity index (χ4n) is 3.51. The van der Waals surface area contributed by atoms with E-state index in [0.29, 0.717) is 17.0 Å². The lowest BCUT2D eigenvalue weighted by molar-refractivity contribution is -0.902. The van der Waals surface area contributed by atoms with E-state index in [2.05, 4.69) is 6.92 Å². The number of likely N-dealkylation sites (N-methyl/N-ethyl adjacent to an activating group) is 1. The molecule has 7 nitrogen and oxygen atoms in total. The van der Waals surface area contributed by atoms with E-state index >= 15 is 0 Å². The molecule has 1 aliphatic heterocycles. The molecule has 3 rings (SSSR count). The van der Waals surface area contributed by atoms with Crippen LogP contribution < -0.4 is 13.9 Å². The van der Waals surface area contributed by atoms with E-state index in [1.54, 1.807) is 36.4 Å². The molecule has 1 aliphatic rings. The number of amides is 1. The number of anilines is 1. The zero-order valence-electron chi connectivity index (χ0n) is 17.1. The van der Waals surface area contributed by atoms with E-state index < -0.39 is 10.0 Å². The molecule has 0 spiro atoms. The van der Waals surface area contributed by atoms with Crippen LogP contribution in [0.25, 0.3) is 0 Å². The van der Waals surface area contributed by atoms with Crippen LogP contribution in [0.3, 0.4) is 0 Å². The Morgan fingerprint density at radius 3 is 2.31 bits per heavy atom. The maximum absolute atomic E-state index is 13.0. The number of ether oxygens (including phenoxy) is 1. The van der Waals surface area contributed by atoms with Crippen molar-refractivity contribution in [2.24, 2.45) is 0 Å². The largest absolute Gasteiger partial charge is 0.495 e. The molecule has 0 aromatic heterocycles. The fourth-order valence-corrected chi connectivity index (χ4v) is 4.72. The van der Waals surface area contributed by atoms with Gasteiger partial charge in [0.25, 0.3) is 15.9 Å². The summed E-state index contributed by atoms with van der Waals surface area (Å²) in [6.45, 7) is 6.54. The van der Waals surface area contributed by atoms with Crippen LogP contribution in [0.4, 0.5) is 5.69 Å². The SMILES string of the molecule is CC[NH+]1CCN(C(=O)c2ccc(S(=O)(=O)N(C)c3ccccc3OC)cc2)CC1. The molecule has 2 aromatic carbocycles. The van der Waals surface area contributed by atoms with Crippen molar-refractivity contribution in [2.45, 2.75) is 11.8 Å². The molecule has 2 aromatic rings. The molecule has 1 N–H and O–H groups in total. The van der Waals surface area contributed by atoms with Crippen molar-refractivity contribution in [1.82, 2.24) is 4.90 Å². The number of sulfonamides is 1. The maximum atomic E-state index is 13.0. The lowest BCUT2D eigenvalue weighted by atomic mass is 10.2. The molecule has 0 aliphatic carbocycles. The number of hydrogen-bond donors (Lipinski definition) is 1. The number of methoxy groups -OCH3 is 1. The third kappa shape index (κ3) is 4.38. The number of hydrogen-bond acceptors (Lipinski definition) is 4. The molecule has 1 heterocycles. The van der Waals surface area contributed by atoms with Crippen LogP contribution in [0.15, 0.2) is 53.4 Å². The first-order chi connectivity index (χ1) is 13.9. The molecule has 156 valence electrons. The van der Waals surface area contributed by atoms with Gasteiger partial charge in [-0.25, -0.2) is 8.42 Å². The Bertz CT molecular complexity index is 952. The van der Waals surface area contributed by atoms with Gasteiger partial charge in [-0.15, -0.1) is 0 Å². The normalized spacial score (nSPS) is 15.2. The van der Waals surface area contributed by atoms with Gasteiger partial charge in [-0.3, -0.25) is 9.10 Å². The predicted molar refractivity (Wildman–Crippen MR) is 112 cm³/mol. The van der Waals surface area contributed by atoms with Gasteiger partial charge in [0.15, 0.2) is 0 Å². The van der Waals surface area contributed by atoms with Gasteiger partial charge in [0.1, 0.15) is 5.75 Å². The van der Waals surface area contributed by atoms with Crippen LogP contribution in [0.5, 0.6) is 5.75 Å². The van der Waals surface area contributed by atoms with Gasteiger partial charge >= 0.3 is 0 Å². The van der Waals surface area contributed by atoms with Crippen LogP contribution in [0, 0.1) is 0 Å². The molecular formula is C21H28N3O4S+. The maximum Gasteiger partial charge on any atom is 0.264 e. The molecular weight excluding hydrogens is 390 g/mol. The van der Waals surface area contributed by atoms with E-state index in [4.69, 9.17) is 4.74 Å². The van der Waals surface area contributed by atoms with Gasteiger partial charge in [0, 0.05) is 12.6 Å². The lowest BCUT2D eigenvalue weighted by Gasteiger charge is -2.31. The third-order valence-corrected chi connectivity index (χ3v) is 7.23. The minimum atomic E-state index is -3.78. The number of para-hydroxylation sites is 2. The van der Waals surface area contributed by atoms with Crippen LogP contribution in [-0.2, 0) is 10.0 Å². The molecule has 29 heavy (non-hydrogen) atoms. The van der Waals surface area contributed by atoms with Crippen LogP contribution in [0.2, 0.25) is 0 Å². The molecule has 0 saturated carbocycles. The second kappa shape index (κ2) is 8.84. The van der Waals surface area contributed by atoms with Crippen molar-refractivity contribution in [3.05, 3.63) is 54.1 Å². The van der Waals surface area contributed by atoms with Crippen molar-refractivity contribution >= 4 is 21.6 Å². The molecule has 1 amide bonds. The van der Waals surface area contributed by atoms with Gasteiger partial charge in [0.2, 0.25) is 0 Å². The summed E-state index contributed by atoms with van der Waals surface area (Å²) in [5, 5.41) is 0. The van der Waals surface area contributed by atoms with Crippen LogP contribution >= 0.6 is 0 Å². The minimum Gasteiger partial charge on any atom is -0.495 e. The summed E-state index contributed by atoms with van der Waals surface area (Å²) < 4.78 is 32.5. The standard InChI is InChI=1S/C21H27N3O4S/c1-4-23-13-15-24(16-14-23)21(25)17-9-11-18(12-10-17)29(26,27)22(2)19-7-5-6-8-20(19)28-3/h5-12H,4,13-16H2,1-3H3/p+1. The monoisotopic (exact) mass is 418 g/mol. The average Bonchev–Trinajstić information content (AvgIpc) is 2.78. The Morgan fingerprint density at radius 1 is 1.10 bits per heavy atom. The first kappa shape index (κ1) is 21.1. The summed E-state index contributed by atoms with van der Waals surface area (Å²) in [5.74, 6) is 0.418. The first-order valence-electron chi connectivity index (χ1n) is 9.73. The fraction of sp³-hybridized carbons (Fsp3) is 0.381. The number of nitrogens with zero attached hydrogens (tertiary/aromatic N) is 2. The van der Waals surface area contributed by atoms with Gasteiger partial charge in [-0.1, -0.05) is 12.1 Å². The van der Waals surface area contributed by atoms with E-state index in [9.17, 15) is 13.2 Å². The predicted octanol–water partition coefficient (Wildman–Crippen LogP) is 0.881. The quantitative estimate of drug-likeness (QED) is 0.756. The molecule has 0 atom stereocenters. The number of benzene rings is 2. The highest BCUT2D eigenvalue weighted by atomic mass is 32.2. The zero-order chi connectivity index (χ0) is 21.0. The van der Waals surface area contributed by atoms with E-state index in [0.717, 1.165) is 32.7 Å². The summed E-state index contributed by atoms with van der Waals surface area (Å²) in [6, 6.07) is 13.1. The van der Waals surface area contributed by atoms with E-state index in [-0.39, 0.29) is 10.8 Å². The molecule has 0 radical (unpaired) electrons. The van der Waals surface area contributed by atoms with Crippen molar-refractivity contribution in [3.8, 4) is 5.75 Å². The van der Waals surface area contributed by atoms with Gasteiger partial charge in [-0.2, -0.15) is 0 Å². The summed E-state index contributed by atoms with van der Waals surface area (Å²) in [6.07, 6.45) is 0. The number of rotatable bonds is 6. The summed E-state index contributed by atoms with van der Waals surface area (Å²) >= 11 is 0. The lowest BCUT2D eigenvalue weighted by Crippen LogP contribution is -3.14. The third-order valence-electron chi connectivity index (χ3n) is 5.44. The van der Waals surface area contributed by atoms with Crippen LogP contribution in [-0.4, -0.2) is 66.1 Å². The Hall–Kier alpha value is -2.58. The second-order valence-corrected chi connectivity index (χ2v) is 9.03. The Kier molecular flexibility index (Phi) is 6.44. The average molecular weight is 419 g/mol. The second-order valence-electron chi connectivity index (χ2n) is 7.06. The van der Waals surface area contributed by atoms with Crippen molar-refractivity contribution in [2.75, 3.05) is 51.2 Å². The summed E-state index contributed by atoms with van der Waals surface area (Å²) in [5.41, 5.74) is 0.954. The summed E-state index contributed by atoms with van der Waals surface area (Å²) in [4.78, 5) is 16.2. The van der Waals surface area contributed by atoms with Crippen molar-refractivity contribution < 1.29 is 22.8 Å². The number of carbonyl (C=O) groups excluding carboxylic acids is 1. The van der Waals surface area contributed by atoms with E-state index in [1.165, 1.54) is 35.5 Å². The number of nitrogens with one attached hydrogen (secondary N) is 1. The minimum absolute atomic E-state index is 0.0535. The smallest absolute Gasteiger partial charge is 0.264 e. The highest BCUT2D eigenvalue weighted by Crippen LogP contribution is 2.30. The number of carbonyl (C=O) groups is 1. The number of piperazine rings is 1. The Balaban J connectivity index is 1.77. The van der Waals surface area contributed by atoms with Crippen molar-refractivity contribution in [1.29, 1.82) is 0 Å². The van der Waals surface area contributed by atoms with E-state index in [1.807, 2.05) is 4.90 Å². The van der Waals surface area contributed by atoms with Gasteiger partial charge < -0.3 is 14.5 Å². The molecule has 0 bridgehead atoms. The Morgan fingerprint density at radius 2 is 1.72 bits per heavy atom. The highest BCUT2D eigenvalue weighted by Gasteiger charge is 2.26. The molecule has 1 fully saturated rings. The first-order valence-corrected chi connectivity index (χ1v) is 11.2.